The fraction of sp³-hybridized carbons (Fsp3) is 0.174. The standard InChI is InChI=1S/C23H20ClN3O3/c1-23(2)21(28)27(17-12-13-25-20(24)14-17)22(29)26(23)15-16-8-6-7-11-19(16)30-18-9-4-3-5-10-18/h3-14H,15H2,1-2H3. The fourth-order valence-electron chi connectivity index (χ4n) is 3.38. The van der Waals surface area contributed by atoms with Gasteiger partial charge in [-0.3, -0.25) is 4.79 Å². The molecule has 0 radical (unpaired) electrons. The quantitative estimate of drug-likeness (QED) is 0.415. The molecule has 1 fully saturated rings. The molecule has 0 atom stereocenters. The lowest BCUT2D eigenvalue weighted by molar-refractivity contribution is -0.123. The first-order chi connectivity index (χ1) is 14.4. The molecule has 2 heterocycles. The van der Waals surface area contributed by atoms with Crippen LogP contribution in [0.15, 0.2) is 72.9 Å². The van der Waals surface area contributed by atoms with Crippen molar-refractivity contribution in [2.45, 2.75) is 25.9 Å². The lowest BCUT2D eigenvalue weighted by Crippen LogP contribution is -2.43. The number of para-hydroxylation sites is 2. The molecule has 2 aromatic carbocycles. The maximum atomic E-state index is 13.2. The molecule has 1 saturated heterocycles. The second-order valence-electron chi connectivity index (χ2n) is 7.43. The van der Waals surface area contributed by atoms with E-state index >= 15 is 0 Å². The number of anilines is 1. The number of hydrogen-bond donors (Lipinski definition) is 0. The highest BCUT2D eigenvalue weighted by molar-refractivity contribution is 6.30. The normalized spacial score (nSPS) is 15.6. The Bertz CT molecular complexity index is 1100. The number of urea groups is 1. The molecule has 0 spiro atoms. The summed E-state index contributed by atoms with van der Waals surface area (Å²) in [7, 11) is 0. The minimum absolute atomic E-state index is 0.214. The van der Waals surface area contributed by atoms with Gasteiger partial charge in [0, 0.05) is 11.8 Å². The van der Waals surface area contributed by atoms with Gasteiger partial charge < -0.3 is 9.64 Å². The van der Waals surface area contributed by atoms with Crippen LogP contribution in [0.25, 0.3) is 0 Å². The first kappa shape index (κ1) is 19.9. The number of carbonyl (C=O) groups is 2. The second kappa shape index (κ2) is 7.80. The number of carbonyl (C=O) groups excluding carboxylic acids is 2. The molecular weight excluding hydrogens is 402 g/mol. The molecule has 1 aliphatic heterocycles. The summed E-state index contributed by atoms with van der Waals surface area (Å²) in [4.78, 5) is 32.9. The number of halogens is 1. The van der Waals surface area contributed by atoms with E-state index in [-0.39, 0.29) is 17.6 Å². The van der Waals surface area contributed by atoms with Gasteiger partial charge in [-0.15, -0.1) is 0 Å². The Labute approximate surface area is 179 Å². The number of benzene rings is 2. The Morgan fingerprint density at radius 3 is 2.43 bits per heavy atom. The largest absolute Gasteiger partial charge is 0.457 e. The van der Waals surface area contributed by atoms with Crippen molar-refractivity contribution in [3.8, 4) is 11.5 Å². The van der Waals surface area contributed by atoms with Gasteiger partial charge >= 0.3 is 6.03 Å². The molecule has 4 rings (SSSR count). The Balaban J connectivity index is 1.65. The maximum absolute atomic E-state index is 13.2. The molecule has 152 valence electrons. The van der Waals surface area contributed by atoms with E-state index in [9.17, 15) is 9.59 Å². The van der Waals surface area contributed by atoms with E-state index in [0.29, 0.717) is 17.2 Å². The number of imide groups is 1. The van der Waals surface area contributed by atoms with E-state index < -0.39 is 11.6 Å². The summed E-state index contributed by atoms with van der Waals surface area (Å²) in [6.07, 6.45) is 1.47. The maximum Gasteiger partial charge on any atom is 0.332 e. The SMILES string of the molecule is CC1(C)C(=O)N(c2ccnc(Cl)c2)C(=O)N1Cc1ccccc1Oc1ccccc1. The summed E-state index contributed by atoms with van der Waals surface area (Å²) >= 11 is 5.96. The number of ether oxygens (including phenoxy) is 1. The summed E-state index contributed by atoms with van der Waals surface area (Å²) in [5.74, 6) is 1.00. The van der Waals surface area contributed by atoms with Gasteiger partial charge in [0.15, 0.2) is 0 Å². The number of amides is 3. The Hall–Kier alpha value is -3.38. The Kier molecular flexibility index (Phi) is 5.18. The summed E-state index contributed by atoms with van der Waals surface area (Å²) in [5, 5.41) is 0.214. The van der Waals surface area contributed by atoms with Crippen molar-refractivity contribution >= 4 is 29.2 Å². The van der Waals surface area contributed by atoms with Crippen LogP contribution in [-0.2, 0) is 11.3 Å². The molecule has 6 nitrogen and oxygen atoms in total. The number of aromatic nitrogens is 1. The van der Waals surface area contributed by atoms with Gasteiger partial charge in [0.05, 0.1) is 12.2 Å². The third-order valence-corrected chi connectivity index (χ3v) is 5.27. The zero-order valence-corrected chi connectivity index (χ0v) is 17.3. The average Bonchev–Trinajstić information content (AvgIpc) is 2.89. The summed E-state index contributed by atoms with van der Waals surface area (Å²) in [5.41, 5.74) is 0.159. The van der Waals surface area contributed by atoms with Crippen LogP contribution in [0.3, 0.4) is 0 Å². The van der Waals surface area contributed by atoms with Gasteiger partial charge in [-0.1, -0.05) is 48.0 Å². The molecule has 1 aromatic heterocycles. The van der Waals surface area contributed by atoms with Crippen LogP contribution < -0.4 is 9.64 Å². The van der Waals surface area contributed by atoms with Crippen LogP contribution in [-0.4, -0.2) is 27.4 Å². The van der Waals surface area contributed by atoms with Gasteiger partial charge in [0.2, 0.25) is 0 Å². The van der Waals surface area contributed by atoms with Gasteiger partial charge in [-0.05, 0) is 44.2 Å². The van der Waals surface area contributed by atoms with Crippen LogP contribution in [0.2, 0.25) is 5.15 Å². The molecule has 3 amide bonds. The van der Waals surface area contributed by atoms with E-state index in [1.54, 1.807) is 19.9 Å². The topological polar surface area (TPSA) is 62.7 Å². The molecule has 30 heavy (non-hydrogen) atoms. The van der Waals surface area contributed by atoms with Crippen LogP contribution in [0.1, 0.15) is 19.4 Å². The predicted octanol–water partition coefficient (Wildman–Crippen LogP) is 5.27. The van der Waals surface area contributed by atoms with Crippen molar-refractivity contribution < 1.29 is 14.3 Å². The molecule has 1 aliphatic rings. The van der Waals surface area contributed by atoms with Crippen molar-refractivity contribution in [1.82, 2.24) is 9.88 Å². The Morgan fingerprint density at radius 1 is 1.00 bits per heavy atom. The van der Waals surface area contributed by atoms with E-state index in [2.05, 4.69) is 4.98 Å². The van der Waals surface area contributed by atoms with Gasteiger partial charge in [0.1, 0.15) is 22.2 Å². The minimum atomic E-state index is -1.04. The van der Waals surface area contributed by atoms with Crippen LogP contribution in [0.5, 0.6) is 11.5 Å². The molecule has 3 aromatic rings. The highest BCUT2D eigenvalue weighted by Gasteiger charge is 2.52. The molecular formula is C23H20ClN3O3. The molecule has 0 aliphatic carbocycles. The number of rotatable bonds is 5. The van der Waals surface area contributed by atoms with Crippen molar-refractivity contribution in [2.75, 3.05) is 4.90 Å². The highest BCUT2D eigenvalue weighted by Crippen LogP contribution is 2.35. The third-order valence-electron chi connectivity index (χ3n) is 5.06. The number of nitrogens with zero attached hydrogens (tertiary/aromatic N) is 3. The van der Waals surface area contributed by atoms with Crippen molar-refractivity contribution in [3.05, 3.63) is 83.6 Å². The molecule has 0 saturated carbocycles. The molecule has 7 heteroatoms. The monoisotopic (exact) mass is 421 g/mol. The van der Waals surface area contributed by atoms with Crippen LogP contribution in [0, 0.1) is 0 Å². The van der Waals surface area contributed by atoms with Crippen LogP contribution in [0.4, 0.5) is 10.5 Å². The van der Waals surface area contributed by atoms with Gasteiger partial charge in [0.25, 0.3) is 5.91 Å². The minimum Gasteiger partial charge on any atom is -0.457 e. The van der Waals surface area contributed by atoms with E-state index in [1.165, 1.54) is 17.2 Å². The molecule has 0 N–H and O–H groups in total. The summed E-state index contributed by atoms with van der Waals surface area (Å²) in [6, 6.07) is 19.6. The van der Waals surface area contributed by atoms with E-state index in [4.69, 9.17) is 16.3 Å². The third kappa shape index (κ3) is 3.62. The zero-order valence-electron chi connectivity index (χ0n) is 16.6. The van der Waals surface area contributed by atoms with Gasteiger partial charge in [-0.2, -0.15) is 0 Å². The van der Waals surface area contributed by atoms with Crippen molar-refractivity contribution in [1.29, 1.82) is 0 Å². The predicted molar refractivity (Wildman–Crippen MR) is 115 cm³/mol. The summed E-state index contributed by atoms with van der Waals surface area (Å²) < 4.78 is 6.02. The first-order valence-electron chi connectivity index (χ1n) is 9.46. The van der Waals surface area contributed by atoms with Crippen LogP contribution >= 0.6 is 11.6 Å². The zero-order chi connectivity index (χ0) is 21.3. The lowest BCUT2D eigenvalue weighted by Gasteiger charge is -2.28. The second-order valence-corrected chi connectivity index (χ2v) is 7.82. The smallest absolute Gasteiger partial charge is 0.332 e. The van der Waals surface area contributed by atoms with Crippen molar-refractivity contribution in [3.63, 3.8) is 0 Å². The van der Waals surface area contributed by atoms with Crippen molar-refractivity contribution in [2.24, 2.45) is 0 Å². The van der Waals surface area contributed by atoms with E-state index in [0.717, 1.165) is 10.5 Å². The Morgan fingerprint density at radius 2 is 1.70 bits per heavy atom. The summed E-state index contributed by atoms with van der Waals surface area (Å²) in [6.45, 7) is 3.68. The first-order valence-corrected chi connectivity index (χ1v) is 9.84. The fourth-order valence-corrected chi connectivity index (χ4v) is 3.55. The molecule has 0 bridgehead atoms. The number of pyridine rings is 1. The van der Waals surface area contributed by atoms with E-state index in [1.807, 2.05) is 54.6 Å². The highest BCUT2D eigenvalue weighted by atomic mass is 35.5. The molecule has 0 unspecified atom stereocenters. The van der Waals surface area contributed by atoms with Gasteiger partial charge in [-0.25, -0.2) is 14.7 Å². The number of hydrogen-bond acceptors (Lipinski definition) is 4. The average molecular weight is 422 g/mol. The lowest BCUT2D eigenvalue weighted by atomic mass is 10.0.